The third-order valence-corrected chi connectivity index (χ3v) is 15.1. The summed E-state index contributed by atoms with van der Waals surface area (Å²) < 4.78 is 23.8. The van der Waals surface area contributed by atoms with Gasteiger partial charge in [-0.3, -0.25) is 0 Å². The first-order valence-corrected chi connectivity index (χ1v) is 28.6. The van der Waals surface area contributed by atoms with Gasteiger partial charge in [0, 0.05) is 13.2 Å². The van der Waals surface area contributed by atoms with Crippen molar-refractivity contribution in [1.82, 2.24) is 0 Å². The van der Waals surface area contributed by atoms with E-state index < -0.39 is 69.0 Å². The second-order valence-electron chi connectivity index (χ2n) is 21.9. The number of rotatable bonds is 30. The number of ether oxygens (including phenoxy) is 4. The number of benzene rings is 8. The van der Waals surface area contributed by atoms with E-state index in [0.29, 0.717) is 87.2 Å². The molecule has 0 aliphatic heterocycles. The molecule has 16 N–H and O–H groups in total. The van der Waals surface area contributed by atoms with E-state index in [9.17, 15) is 81.7 Å². The predicted molar refractivity (Wildman–Crippen MR) is 324 cm³/mol. The van der Waals surface area contributed by atoms with Gasteiger partial charge in [-0.05, 0) is 217 Å². The molecule has 0 aromatic heterocycles. The van der Waals surface area contributed by atoms with Crippen molar-refractivity contribution in [3.8, 4) is 92.0 Å². The van der Waals surface area contributed by atoms with Gasteiger partial charge in [-0.15, -0.1) is 0 Å². The maximum atomic E-state index is 9.88. The molecule has 0 spiro atoms. The fraction of sp³-hybridized carbons (Fsp3) is 0.294. The highest BCUT2D eigenvalue weighted by Gasteiger charge is 2.26. The molecule has 0 bridgehead atoms. The molecule has 0 saturated carbocycles. The molecule has 88 heavy (non-hydrogen) atoms. The summed E-state index contributed by atoms with van der Waals surface area (Å²) >= 11 is 0. The van der Waals surface area contributed by atoms with E-state index in [1.165, 1.54) is 48.5 Å². The lowest BCUT2D eigenvalue weighted by molar-refractivity contribution is 0.0578. The van der Waals surface area contributed by atoms with Crippen molar-refractivity contribution in [3.05, 3.63) is 190 Å². The van der Waals surface area contributed by atoms with Crippen molar-refractivity contribution in [1.29, 1.82) is 0 Å². The molecule has 0 heterocycles. The first kappa shape index (κ1) is 65.9. The largest absolute Gasteiger partial charge is 0.508 e. The van der Waals surface area contributed by atoms with Gasteiger partial charge in [-0.2, -0.15) is 0 Å². The molecule has 0 saturated heterocycles. The van der Waals surface area contributed by atoms with E-state index >= 15 is 0 Å². The van der Waals surface area contributed by atoms with Crippen LogP contribution in [0, 0.1) is 23.7 Å². The summed E-state index contributed by atoms with van der Waals surface area (Å²) in [5.74, 6) is -4.90. The molecule has 0 aliphatic rings. The highest BCUT2D eigenvalue weighted by atomic mass is 16.5. The van der Waals surface area contributed by atoms with Crippen molar-refractivity contribution < 1.29 is 101 Å². The summed E-state index contributed by atoms with van der Waals surface area (Å²) in [4.78, 5) is 0. The average molecular weight is 1210 g/mol. The molecule has 8 aromatic carbocycles. The third kappa shape index (κ3) is 20.3. The van der Waals surface area contributed by atoms with Gasteiger partial charge in [0.25, 0.3) is 0 Å². The number of phenolic OH excluding ortho intramolecular Hbond substituents is 16. The van der Waals surface area contributed by atoms with E-state index in [1.54, 1.807) is 48.5 Å². The second kappa shape index (κ2) is 32.2. The summed E-state index contributed by atoms with van der Waals surface area (Å²) in [6.45, 7) is 1.91. The monoisotopic (exact) mass is 1210 g/mol. The van der Waals surface area contributed by atoms with Gasteiger partial charge >= 0.3 is 0 Å². The average Bonchev–Trinajstić information content (AvgIpc) is 3.38. The van der Waals surface area contributed by atoms with E-state index in [4.69, 9.17) is 18.9 Å². The lowest BCUT2D eigenvalue weighted by Crippen LogP contribution is -2.25. The Hall–Kier alpha value is -9.60. The predicted octanol–water partition coefficient (Wildman–Crippen LogP) is 11.1. The molecule has 20 nitrogen and oxygen atoms in total. The van der Waals surface area contributed by atoms with Gasteiger partial charge in [0.15, 0.2) is 69.0 Å². The van der Waals surface area contributed by atoms with Crippen LogP contribution in [0.25, 0.3) is 0 Å². The normalized spacial score (nSPS) is 12.6. The minimum atomic E-state index is -0.589. The van der Waals surface area contributed by atoms with Gasteiger partial charge < -0.3 is 101 Å². The van der Waals surface area contributed by atoms with Crippen LogP contribution in [0.15, 0.2) is 146 Å². The van der Waals surface area contributed by atoms with Crippen molar-refractivity contribution in [2.75, 3.05) is 26.4 Å². The van der Waals surface area contributed by atoms with Gasteiger partial charge in [-0.1, -0.05) is 48.5 Å². The summed E-state index contributed by atoms with van der Waals surface area (Å²) in [6, 6.07) is 38.8. The zero-order valence-corrected chi connectivity index (χ0v) is 48.3. The van der Waals surface area contributed by atoms with Crippen molar-refractivity contribution >= 4 is 0 Å². The molecule has 0 unspecified atom stereocenters. The molecule has 468 valence electrons. The van der Waals surface area contributed by atoms with Gasteiger partial charge in [-0.25, -0.2) is 0 Å². The van der Waals surface area contributed by atoms with Crippen LogP contribution in [-0.2, 0) is 71.1 Å². The zero-order valence-electron chi connectivity index (χ0n) is 48.3. The van der Waals surface area contributed by atoms with Crippen LogP contribution in [0.3, 0.4) is 0 Å². The van der Waals surface area contributed by atoms with Gasteiger partial charge in [0.1, 0.15) is 23.0 Å². The van der Waals surface area contributed by atoms with Crippen LogP contribution in [0.2, 0.25) is 0 Å². The molecule has 0 radical (unpaired) electrons. The molecule has 4 atom stereocenters. The second-order valence-corrected chi connectivity index (χ2v) is 21.9. The first-order valence-electron chi connectivity index (χ1n) is 28.6. The van der Waals surface area contributed by atoms with E-state index in [1.807, 2.05) is 48.5 Å². The Morgan fingerprint density at radius 1 is 0.239 bits per heavy atom. The molecule has 0 fully saturated rings. The van der Waals surface area contributed by atoms with Crippen molar-refractivity contribution in [3.63, 3.8) is 0 Å². The van der Waals surface area contributed by atoms with Crippen molar-refractivity contribution in [2.45, 2.75) is 77.8 Å². The Labute approximate surface area is 508 Å². The molecule has 0 amide bonds. The zero-order chi connectivity index (χ0) is 63.3. The Bertz CT molecular complexity index is 3140. The Morgan fingerprint density at radius 3 is 0.670 bits per heavy atom. The Kier molecular flexibility index (Phi) is 24.1. The van der Waals surface area contributed by atoms with Crippen LogP contribution in [-0.4, -0.2) is 108 Å². The minimum absolute atomic E-state index is 0.00125. The topological polar surface area (TPSA) is 361 Å². The fourth-order valence-corrected chi connectivity index (χ4v) is 10.4. The molecule has 8 rings (SSSR count). The minimum Gasteiger partial charge on any atom is -0.508 e. The number of aromatic hydroxyl groups is 16. The quantitative estimate of drug-likeness (QED) is 0.0147. The molecule has 20 heteroatoms. The van der Waals surface area contributed by atoms with Crippen LogP contribution >= 0.6 is 0 Å². The molecule has 8 aromatic rings. The maximum Gasteiger partial charge on any atom is 0.200 e. The lowest BCUT2D eigenvalue weighted by Gasteiger charge is -2.28. The number of phenols is 16. The van der Waals surface area contributed by atoms with Crippen LogP contribution in [0.1, 0.15) is 70.2 Å². The van der Waals surface area contributed by atoms with Crippen LogP contribution in [0.4, 0.5) is 0 Å². The standard InChI is InChI=1S/2C34H38O10/c2*35-27-7-3-21(4-8-27)12-25(2-1-11-43-18-23-14-29(37)33(41)30(38)15-23)26(13-22-5-9-28(36)10-6-22)20-44-19-24-16-31(39)34(42)32(40)17-24/h2*3-10,14-17,25-26,35-42H,1-2,11-13,18-20H2/t2*25-,26+/m10/s1. The first-order chi connectivity index (χ1) is 42.2. The highest BCUT2D eigenvalue weighted by Crippen LogP contribution is 2.40. The number of hydrogen-bond donors (Lipinski definition) is 16. The van der Waals surface area contributed by atoms with E-state index in [-0.39, 0.29) is 73.1 Å². The molecular weight excluding hydrogens is 1140 g/mol. The van der Waals surface area contributed by atoms with Gasteiger partial charge in [0.2, 0.25) is 0 Å². The fourth-order valence-electron chi connectivity index (χ4n) is 10.4. The smallest absolute Gasteiger partial charge is 0.200 e. The highest BCUT2D eigenvalue weighted by molar-refractivity contribution is 5.53. The van der Waals surface area contributed by atoms with Crippen molar-refractivity contribution in [2.24, 2.45) is 23.7 Å². The van der Waals surface area contributed by atoms with E-state index in [0.717, 1.165) is 35.1 Å². The number of hydrogen-bond acceptors (Lipinski definition) is 20. The van der Waals surface area contributed by atoms with Crippen LogP contribution in [0.5, 0.6) is 92.0 Å². The summed E-state index contributed by atoms with van der Waals surface area (Å²) in [7, 11) is 0. The summed E-state index contributed by atoms with van der Waals surface area (Å²) in [5.41, 5.74) is 6.12. The lowest BCUT2D eigenvalue weighted by atomic mass is 9.80. The third-order valence-electron chi connectivity index (χ3n) is 15.1. The Balaban J connectivity index is 0.000000251. The van der Waals surface area contributed by atoms with Crippen LogP contribution < -0.4 is 0 Å². The Morgan fingerprint density at radius 2 is 0.443 bits per heavy atom. The summed E-state index contributed by atoms with van der Waals surface area (Å²) in [5, 5.41) is 156. The van der Waals surface area contributed by atoms with E-state index in [2.05, 4.69) is 0 Å². The SMILES string of the molecule is Oc1ccc(C[C@@H](CCCOCc2cc(O)c(O)c(O)c2)[C@H](COCc2cc(O)c(O)c(O)c2)Cc2ccc(O)cc2)cc1.Oc1ccc(C[C@H](CCCOCc2cc(O)c(O)c(O)c2)[C@@H](COCc2cc(O)c(O)c(O)c2)Cc2ccc(O)cc2)cc1. The summed E-state index contributed by atoms with van der Waals surface area (Å²) in [6.07, 6.45) is 5.53. The molecular formula is C68H76O20. The molecule has 0 aliphatic carbocycles. The maximum absolute atomic E-state index is 9.88. The van der Waals surface area contributed by atoms with Gasteiger partial charge in [0.05, 0.1) is 39.6 Å².